The number of carbonyl (C=O) groups is 2. The van der Waals surface area contributed by atoms with Crippen molar-refractivity contribution in [3.05, 3.63) is 31.2 Å². The number of fused-ring (bicyclic) bond motifs is 1. The molecule has 10 heteroatoms. The standard InChI is InChI=1S/C24H33N5O3S2/c1-3-21(30)29-14-18(9-8-17(29)2)27-23-20-10-12-28(24(20)26-15-25-23)16-32-22(31)7-5-4-6-19-11-13-33-34-19/h3,10,12,15,17-19H,1,4-9,11,13-14,16H2,2H3,(H,25,26,27)/t17-,18+,19?/m0/s1. The number of rotatable bonds is 10. The van der Waals surface area contributed by atoms with Crippen LogP contribution in [-0.2, 0) is 21.1 Å². The summed E-state index contributed by atoms with van der Waals surface area (Å²) in [6.45, 7) is 6.42. The molecule has 2 aliphatic rings. The van der Waals surface area contributed by atoms with Crippen molar-refractivity contribution in [3.8, 4) is 0 Å². The van der Waals surface area contributed by atoms with E-state index in [1.54, 1.807) is 0 Å². The summed E-state index contributed by atoms with van der Waals surface area (Å²) >= 11 is 0. The van der Waals surface area contributed by atoms with E-state index in [1.165, 1.54) is 31.0 Å². The zero-order valence-corrected chi connectivity index (χ0v) is 21.3. The molecule has 34 heavy (non-hydrogen) atoms. The van der Waals surface area contributed by atoms with Crippen molar-refractivity contribution in [2.45, 2.75) is 75.9 Å². The number of amides is 1. The molecule has 1 amide bonds. The first-order valence-corrected chi connectivity index (χ1v) is 14.4. The van der Waals surface area contributed by atoms with E-state index in [4.69, 9.17) is 4.74 Å². The van der Waals surface area contributed by atoms with Gasteiger partial charge in [0.05, 0.1) is 5.39 Å². The molecule has 2 aromatic heterocycles. The quantitative estimate of drug-likeness (QED) is 0.217. The summed E-state index contributed by atoms with van der Waals surface area (Å²) in [4.78, 5) is 35.1. The number of ether oxygens (including phenoxy) is 1. The predicted molar refractivity (Wildman–Crippen MR) is 139 cm³/mol. The van der Waals surface area contributed by atoms with Crippen LogP contribution in [0, 0.1) is 0 Å². The molecule has 0 aliphatic carbocycles. The second-order valence-electron chi connectivity index (χ2n) is 8.93. The van der Waals surface area contributed by atoms with Crippen molar-refractivity contribution in [3.63, 3.8) is 0 Å². The van der Waals surface area contributed by atoms with E-state index in [0.717, 1.165) is 42.1 Å². The number of hydrogen-bond donors (Lipinski definition) is 1. The van der Waals surface area contributed by atoms with Gasteiger partial charge in [-0.25, -0.2) is 9.97 Å². The van der Waals surface area contributed by atoms with Crippen LogP contribution < -0.4 is 5.32 Å². The monoisotopic (exact) mass is 503 g/mol. The highest BCUT2D eigenvalue weighted by Crippen LogP contribution is 2.39. The van der Waals surface area contributed by atoms with Gasteiger partial charge in [0, 0.05) is 42.2 Å². The lowest BCUT2D eigenvalue weighted by molar-refractivity contribution is -0.147. The van der Waals surface area contributed by atoms with Gasteiger partial charge < -0.3 is 15.0 Å². The summed E-state index contributed by atoms with van der Waals surface area (Å²) in [5.74, 6) is 1.75. The molecule has 3 atom stereocenters. The largest absolute Gasteiger partial charge is 0.444 e. The number of hydrogen-bond acceptors (Lipinski definition) is 8. The van der Waals surface area contributed by atoms with Crippen LogP contribution >= 0.6 is 21.6 Å². The van der Waals surface area contributed by atoms with Gasteiger partial charge in [-0.05, 0) is 51.2 Å². The van der Waals surface area contributed by atoms with Gasteiger partial charge in [-0.3, -0.25) is 14.2 Å². The van der Waals surface area contributed by atoms with E-state index in [1.807, 2.05) is 43.3 Å². The minimum Gasteiger partial charge on any atom is -0.444 e. The van der Waals surface area contributed by atoms with Crippen molar-refractivity contribution in [2.24, 2.45) is 0 Å². The molecule has 0 aromatic carbocycles. The molecule has 1 N–H and O–H groups in total. The predicted octanol–water partition coefficient (Wildman–Crippen LogP) is 4.62. The van der Waals surface area contributed by atoms with Crippen molar-refractivity contribution in [2.75, 3.05) is 17.6 Å². The average molecular weight is 504 g/mol. The SMILES string of the molecule is C=CC(=O)N1C[C@H](Nc2ncnc3c2ccn3COC(=O)CCCCC2CCSS2)CC[C@@H]1C. The molecule has 2 saturated heterocycles. The Morgan fingerprint density at radius 1 is 1.29 bits per heavy atom. The van der Waals surface area contributed by atoms with Gasteiger partial charge in [0.25, 0.3) is 0 Å². The number of unbranched alkanes of at least 4 members (excludes halogenated alkanes) is 1. The fraction of sp³-hybridized carbons (Fsp3) is 0.583. The van der Waals surface area contributed by atoms with Crippen LogP contribution in [0.1, 0.15) is 51.9 Å². The minimum absolute atomic E-state index is 0.0452. The van der Waals surface area contributed by atoms with E-state index < -0.39 is 0 Å². The Bertz CT molecular complexity index is 1010. The Labute approximate surface area is 208 Å². The summed E-state index contributed by atoms with van der Waals surface area (Å²) in [5, 5.41) is 5.10. The topological polar surface area (TPSA) is 89.3 Å². The van der Waals surface area contributed by atoms with Crippen molar-refractivity contribution in [1.29, 1.82) is 0 Å². The first-order chi connectivity index (χ1) is 16.5. The molecule has 0 radical (unpaired) electrons. The van der Waals surface area contributed by atoms with Gasteiger partial charge in [-0.15, -0.1) is 0 Å². The van der Waals surface area contributed by atoms with E-state index in [-0.39, 0.29) is 30.7 Å². The summed E-state index contributed by atoms with van der Waals surface area (Å²) in [7, 11) is 3.94. The Kier molecular flexibility index (Phi) is 8.77. The van der Waals surface area contributed by atoms with Crippen LogP contribution in [0.5, 0.6) is 0 Å². The van der Waals surface area contributed by atoms with Crippen LogP contribution in [0.15, 0.2) is 31.2 Å². The summed E-state index contributed by atoms with van der Waals surface area (Å²) in [6.07, 6.45) is 11.5. The molecule has 0 spiro atoms. The molecule has 0 bridgehead atoms. The van der Waals surface area contributed by atoms with Crippen LogP contribution in [0.2, 0.25) is 0 Å². The zero-order chi connectivity index (χ0) is 23.9. The van der Waals surface area contributed by atoms with Crippen LogP contribution in [0.3, 0.4) is 0 Å². The number of piperidine rings is 1. The number of carbonyl (C=O) groups excluding carboxylic acids is 2. The number of nitrogens with one attached hydrogen (secondary N) is 1. The van der Waals surface area contributed by atoms with E-state index in [0.29, 0.717) is 18.6 Å². The van der Waals surface area contributed by atoms with E-state index in [2.05, 4.69) is 28.8 Å². The lowest BCUT2D eigenvalue weighted by atomic mass is 9.99. The summed E-state index contributed by atoms with van der Waals surface area (Å²) < 4.78 is 7.32. The molecular weight excluding hydrogens is 470 g/mol. The Balaban J connectivity index is 1.29. The second kappa shape index (κ2) is 12.0. The number of anilines is 1. The number of esters is 1. The third-order valence-corrected chi connectivity index (χ3v) is 9.49. The normalized spacial score (nSPS) is 22.6. The molecule has 4 rings (SSSR count). The maximum absolute atomic E-state index is 12.2. The Hall–Kier alpha value is -2.20. The van der Waals surface area contributed by atoms with Gasteiger partial charge in [-0.2, -0.15) is 0 Å². The molecule has 184 valence electrons. The molecule has 0 saturated carbocycles. The highest BCUT2D eigenvalue weighted by atomic mass is 33.1. The van der Waals surface area contributed by atoms with Crippen LogP contribution in [-0.4, -0.2) is 60.9 Å². The Morgan fingerprint density at radius 3 is 2.97 bits per heavy atom. The molecular formula is C24H33N5O3S2. The maximum atomic E-state index is 12.2. The number of nitrogens with zero attached hydrogens (tertiary/aromatic N) is 4. The zero-order valence-electron chi connectivity index (χ0n) is 19.6. The highest BCUT2D eigenvalue weighted by molar-refractivity contribution is 8.77. The lowest BCUT2D eigenvalue weighted by Gasteiger charge is -2.38. The molecule has 4 heterocycles. The van der Waals surface area contributed by atoms with Crippen LogP contribution in [0.4, 0.5) is 5.82 Å². The third kappa shape index (κ3) is 6.27. The first-order valence-electron chi connectivity index (χ1n) is 12.0. The van der Waals surface area contributed by atoms with E-state index in [9.17, 15) is 9.59 Å². The highest BCUT2D eigenvalue weighted by Gasteiger charge is 2.28. The smallest absolute Gasteiger partial charge is 0.307 e. The number of aromatic nitrogens is 3. The molecule has 2 aliphatic heterocycles. The molecule has 2 fully saturated rings. The van der Waals surface area contributed by atoms with Gasteiger partial charge in [0.2, 0.25) is 5.91 Å². The molecule has 8 nitrogen and oxygen atoms in total. The fourth-order valence-corrected chi connectivity index (χ4v) is 7.51. The first kappa shape index (κ1) is 24.9. The molecule has 1 unspecified atom stereocenters. The van der Waals surface area contributed by atoms with Crippen LogP contribution in [0.25, 0.3) is 11.0 Å². The summed E-state index contributed by atoms with van der Waals surface area (Å²) in [5.41, 5.74) is 0.712. The molecule has 2 aromatic rings. The second-order valence-corrected chi connectivity index (χ2v) is 11.7. The number of likely N-dealkylation sites (tertiary alicyclic amines) is 1. The van der Waals surface area contributed by atoms with Crippen molar-refractivity contribution >= 4 is 50.3 Å². The minimum atomic E-state index is -0.175. The van der Waals surface area contributed by atoms with Gasteiger partial charge >= 0.3 is 5.97 Å². The fourth-order valence-electron chi connectivity index (χ4n) is 4.48. The lowest BCUT2D eigenvalue weighted by Crippen LogP contribution is -2.49. The van der Waals surface area contributed by atoms with Gasteiger partial charge in [0.1, 0.15) is 17.8 Å². The average Bonchev–Trinajstić information content (AvgIpc) is 3.52. The summed E-state index contributed by atoms with van der Waals surface area (Å²) in [6, 6.07) is 2.23. The van der Waals surface area contributed by atoms with E-state index >= 15 is 0 Å². The van der Waals surface area contributed by atoms with Gasteiger partial charge in [0.15, 0.2) is 6.73 Å². The maximum Gasteiger partial charge on any atom is 0.307 e. The Morgan fingerprint density at radius 2 is 2.18 bits per heavy atom. The van der Waals surface area contributed by atoms with Crippen molar-refractivity contribution < 1.29 is 14.3 Å². The van der Waals surface area contributed by atoms with Crippen molar-refractivity contribution in [1.82, 2.24) is 19.4 Å². The third-order valence-electron chi connectivity index (χ3n) is 6.49. The van der Waals surface area contributed by atoms with Gasteiger partial charge in [-0.1, -0.05) is 34.6 Å².